The van der Waals surface area contributed by atoms with E-state index in [1.54, 1.807) is 0 Å². The molecule has 1 amide bonds. The minimum Gasteiger partial charge on any atom is -0.375 e. The summed E-state index contributed by atoms with van der Waals surface area (Å²) in [5.74, 6) is 0.626. The van der Waals surface area contributed by atoms with E-state index in [1.807, 2.05) is 30.3 Å². The van der Waals surface area contributed by atoms with Crippen molar-refractivity contribution in [2.24, 2.45) is 5.92 Å². The van der Waals surface area contributed by atoms with Crippen molar-refractivity contribution < 1.29 is 9.53 Å². The number of likely N-dealkylation sites (tertiary alicyclic amines) is 1. The molecule has 0 radical (unpaired) electrons. The molecule has 0 aliphatic carbocycles. The van der Waals surface area contributed by atoms with Gasteiger partial charge in [-0.15, -0.1) is 0 Å². The zero-order chi connectivity index (χ0) is 17.7. The maximum absolute atomic E-state index is 12.3. The van der Waals surface area contributed by atoms with Gasteiger partial charge in [0.2, 0.25) is 5.91 Å². The van der Waals surface area contributed by atoms with Crippen molar-refractivity contribution >= 4 is 5.91 Å². The van der Waals surface area contributed by atoms with E-state index >= 15 is 0 Å². The van der Waals surface area contributed by atoms with Gasteiger partial charge in [-0.3, -0.25) is 4.79 Å². The summed E-state index contributed by atoms with van der Waals surface area (Å²) in [6.07, 6.45) is 4.89. The first-order valence-electron chi connectivity index (χ1n) is 9.75. The Bertz CT molecular complexity index is 550. The Hall–Kier alpha value is -1.39. The van der Waals surface area contributed by atoms with E-state index in [0.29, 0.717) is 24.9 Å². The minimum atomic E-state index is 0.0218. The average Bonchev–Trinajstić information content (AvgIpc) is 2.61. The highest BCUT2D eigenvalue weighted by Crippen LogP contribution is 2.39. The van der Waals surface area contributed by atoms with Crippen molar-refractivity contribution in [1.29, 1.82) is 0 Å². The number of carbonyl (C=O) groups excluding carboxylic acids is 1. The normalized spacial score (nSPS) is 23.7. The highest BCUT2D eigenvalue weighted by molar-refractivity contribution is 5.76. The van der Waals surface area contributed by atoms with Gasteiger partial charge in [0.05, 0.1) is 5.60 Å². The average molecular weight is 344 g/mol. The molecule has 0 aromatic heterocycles. The molecule has 1 atom stereocenters. The molecule has 2 aliphatic heterocycles. The third kappa shape index (κ3) is 5.05. The van der Waals surface area contributed by atoms with Crippen molar-refractivity contribution in [3.05, 3.63) is 35.9 Å². The molecule has 1 unspecified atom stereocenters. The van der Waals surface area contributed by atoms with Gasteiger partial charge in [-0.2, -0.15) is 0 Å². The number of amides is 1. The van der Waals surface area contributed by atoms with Crippen LogP contribution in [0.2, 0.25) is 0 Å². The third-order valence-corrected chi connectivity index (χ3v) is 5.84. The highest BCUT2D eigenvalue weighted by Gasteiger charge is 2.40. The van der Waals surface area contributed by atoms with Crippen molar-refractivity contribution in [3.8, 4) is 0 Å². The van der Waals surface area contributed by atoms with Crippen LogP contribution in [0.3, 0.4) is 0 Å². The van der Waals surface area contributed by atoms with Crippen LogP contribution in [-0.2, 0) is 16.1 Å². The molecule has 0 saturated carbocycles. The number of ether oxygens (including phenoxy) is 1. The molecule has 25 heavy (non-hydrogen) atoms. The largest absolute Gasteiger partial charge is 0.375 e. The lowest BCUT2D eigenvalue weighted by molar-refractivity contribution is -0.137. The first kappa shape index (κ1) is 18.4. The fourth-order valence-electron chi connectivity index (χ4n) is 4.23. The molecule has 1 N–H and O–H groups in total. The number of hydrogen-bond donors (Lipinski definition) is 1. The van der Waals surface area contributed by atoms with Gasteiger partial charge >= 0.3 is 0 Å². The van der Waals surface area contributed by atoms with Crippen LogP contribution in [0.15, 0.2) is 30.3 Å². The summed E-state index contributed by atoms with van der Waals surface area (Å²) in [5.41, 5.74) is 1.17. The number of rotatable bonds is 5. The van der Waals surface area contributed by atoms with Crippen LogP contribution in [0.1, 0.15) is 51.5 Å². The van der Waals surface area contributed by atoms with Gasteiger partial charge in [0, 0.05) is 38.7 Å². The summed E-state index contributed by atoms with van der Waals surface area (Å²) in [6, 6.07) is 10.7. The molecule has 0 bridgehead atoms. The van der Waals surface area contributed by atoms with Crippen LogP contribution in [0, 0.1) is 5.92 Å². The van der Waals surface area contributed by atoms with E-state index in [4.69, 9.17) is 4.74 Å². The van der Waals surface area contributed by atoms with Gasteiger partial charge in [0.15, 0.2) is 0 Å². The van der Waals surface area contributed by atoms with Gasteiger partial charge in [-0.1, -0.05) is 30.3 Å². The zero-order valence-corrected chi connectivity index (χ0v) is 15.7. The number of carbonyl (C=O) groups is 1. The Morgan fingerprint density at radius 3 is 2.68 bits per heavy atom. The summed E-state index contributed by atoms with van der Waals surface area (Å²) < 4.78 is 6.22. The highest BCUT2D eigenvalue weighted by atomic mass is 16.5. The lowest BCUT2D eigenvalue weighted by atomic mass is 9.78. The number of hydrogen-bond acceptors (Lipinski definition) is 3. The molecule has 1 aromatic rings. The molecular weight excluding hydrogens is 312 g/mol. The molecule has 1 spiro atoms. The van der Waals surface area contributed by atoms with Crippen molar-refractivity contribution in [3.63, 3.8) is 0 Å². The summed E-state index contributed by atoms with van der Waals surface area (Å²) in [4.78, 5) is 14.9. The number of nitrogens with one attached hydrogen (secondary N) is 1. The van der Waals surface area contributed by atoms with Crippen LogP contribution in [0.5, 0.6) is 0 Å². The fraction of sp³-hybridized carbons (Fsp3) is 0.667. The molecule has 2 saturated heterocycles. The van der Waals surface area contributed by atoms with Crippen LogP contribution in [-0.4, -0.2) is 42.1 Å². The second-order valence-corrected chi connectivity index (χ2v) is 7.99. The van der Waals surface area contributed by atoms with E-state index in [0.717, 1.165) is 50.9 Å². The monoisotopic (exact) mass is 344 g/mol. The summed E-state index contributed by atoms with van der Waals surface area (Å²) in [7, 11) is 0. The predicted octanol–water partition coefficient (Wildman–Crippen LogP) is 3.36. The van der Waals surface area contributed by atoms with Gasteiger partial charge < -0.3 is 15.0 Å². The molecule has 2 aliphatic rings. The number of benzene rings is 1. The van der Waals surface area contributed by atoms with E-state index in [1.165, 1.54) is 0 Å². The standard InChI is InChI=1S/C21H32N2O2/c1-17(2)23-11-9-21(10-12-23)15-19(8-13-25-21)14-20(24)22-16-18-6-4-3-5-7-18/h3-7,17,19H,8-16H2,1-2H3,(H,22,24). The van der Waals surface area contributed by atoms with Crippen molar-refractivity contribution in [2.45, 2.75) is 64.1 Å². The molecular formula is C21H32N2O2. The van der Waals surface area contributed by atoms with Crippen LogP contribution in [0.4, 0.5) is 0 Å². The Balaban J connectivity index is 1.46. The maximum atomic E-state index is 12.3. The smallest absolute Gasteiger partial charge is 0.220 e. The van der Waals surface area contributed by atoms with Gasteiger partial charge in [0.25, 0.3) is 0 Å². The van der Waals surface area contributed by atoms with Crippen molar-refractivity contribution in [2.75, 3.05) is 19.7 Å². The Morgan fingerprint density at radius 1 is 1.28 bits per heavy atom. The van der Waals surface area contributed by atoms with Crippen molar-refractivity contribution in [1.82, 2.24) is 10.2 Å². The van der Waals surface area contributed by atoms with Gasteiger partial charge in [-0.25, -0.2) is 0 Å². The molecule has 3 rings (SSSR count). The van der Waals surface area contributed by atoms with Crippen LogP contribution < -0.4 is 5.32 Å². The minimum absolute atomic E-state index is 0.0218. The second kappa shape index (κ2) is 8.33. The molecule has 2 heterocycles. The molecule has 138 valence electrons. The Labute approximate surface area is 151 Å². The quantitative estimate of drug-likeness (QED) is 0.890. The van der Waals surface area contributed by atoms with E-state index in [2.05, 4.69) is 24.1 Å². The molecule has 4 nitrogen and oxygen atoms in total. The predicted molar refractivity (Wildman–Crippen MR) is 100 cm³/mol. The van der Waals surface area contributed by atoms with Crippen LogP contribution >= 0.6 is 0 Å². The lowest BCUT2D eigenvalue weighted by Gasteiger charge is -2.47. The maximum Gasteiger partial charge on any atom is 0.220 e. The van der Waals surface area contributed by atoms with E-state index in [-0.39, 0.29) is 11.5 Å². The fourth-order valence-corrected chi connectivity index (χ4v) is 4.23. The first-order valence-corrected chi connectivity index (χ1v) is 9.75. The summed E-state index contributed by atoms with van der Waals surface area (Å²) in [6.45, 7) is 8.18. The Morgan fingerprint density at radius 2 is 2.00 bits per heavy atom. The van der Waals surface area contributed by atoms with Crippen LogP contribution in [0.25, 0.3) is 0 Å². The molecule has 4 heteroatoms. The SMILES string of the molecule is CC(C)N1CCC2(CC1)CC(CC(=O)NCc1ccccc1)CCO2. The zero-order valence-electron chi connectivity index (χ0n) is 15.7. The molecule has 2 fully saturated rings. The lowest BCUT2D eigenvalue weighted by Crippen LogP contribution is -2.51. The van der Waals surface area contributed by atoms with E-state index < -0.39 is 0 Å². The first-order chi connectivity index (χ1) is 12.1. The van der Waals surface area contributed by atoms with Gasteiger partial charge in [0.1, 0.15) is 0 Å². The summed E-state index contributed by atoms with van der Waals surface area (Å²) >= 11 is 0. The third-order valence-electron chi connectivity index (χ3n) is 5.84. The summed E-state index contributed by atoms with van der Waals surface area (Å²) in [5, 5.41) is 3.07. The number of nitrogens with zero attached hydrogens (tertiary/aromatic N) is 1. The second-order valence-electron chi connectivity index (χ2n) is 7.99. The number of piperidine rings is 1. The van der Waals surface area contributed by atoms with E-state index in [9.17, 15) is 4.79 Å². The van der Waals surface area contributed by atoms with Gasteiger partial charge in [-0.05, 0) is 51.0 Å². The topological polar surface area (TPSA) is 41.6 Å². The Kier molecular flexibility index (Phi) is 6.13. The molecule has 1 aromatic carbocycles.